The van der Waals surface area contributed by atoms with Crippen molar-refractivity contribution in [1.82, 2.24) is 14.2 Å². The third-order valence-corrected chi connectivity index (χ3v) is 6.31. The van der Waals surface area contributed by atoms with Crippen LogP contribution in [0, 0.1) is 5.82 Å². The zero-order chi connectivity index (χ0) is 17.2. The van der Waals surface area contributed by atoms with Gasteiger partial charge in [-0.25, -0.2) is 12.8 Å². The van der Waals surface area contributed by atoms with Crippen molar-refractivity contribution in [2.45, 2.75) is 11.4 Å². The third-order valence-electron chi connectivity index (χ3n) is 4.04. The number of hydrogen-bond acceptors (Lipinski definition) is 4. The molecule has 0 bridgehead atoms. The average Bonchev–Trinajstić information content (AvgIpc) is 2.58. The monoisotopic (exact) mass is 369 g/mol. The van der Waals surface area contributed by atoms with E-state index >= 15 is 0 Å². The van der Waals surface area contributed by atoms with Crippen LogP contribution in [0.2, 0.25) is 5.02 Å². The van der Waals surface area contributed by atoms with Gasteiger partial charge in [-0.15, -0.1) is 0 Å². The molecule has 0 radical (unpaired) electrons. The lowest BCUT2D eigenvalue weighted by molar-refractivity contribution is 0.181. The first-order chi connectivity index (χ1) is 11.5. The number of aromatic nitrogens is 1. The highest BCUT2D eigenvalue weighted by Gasteiger charge is 2.30. The van der Waals surface area contributed by atoms with Crippen molar-refractivity contribution >= 4 is 21.6 Å². The topological polar surface area (TPSA) is 53.5 Å². The molecule has 1 fully saturated rings. The number of piperazine rings is 1. The minimum absolute atomic E-state index is 0.268. The molecule has 1 aliphatic rings. The Bertz CT molecular complexity index is 824. The van der Waals surface area contributed by atoms with Crippen LogP contribution in [-0.4, -0.2) is 48.8 Å². The summed E-state index contributed by atoms with van der Waals surface area (Å²) in [6.07, 6.45) is 3.27. The summed E-state index contributed by atoms with van der Waals surface area (Å²) in [5.41, 5.74) is 0.956. The van der Waals surface area contributed by atoms with Crippen LogP contribution in [0.15, 0.2) is 47.6 Å². The van der Waals surface area contributed by atoms with Crippen LogP contribution in [0.1, 0.15) is 5.56 Å². The van der Waals surface area contributed by atoms with E-state index in [1.54, 1.807) is 12.4 Å². The molecule has 2 aromatic rings. The van der Waals surface area contributed by atoms with Gasteiger partial charge in [0.25, 0.3) is 0 Å². The standard InChI is InChI=1S/C16H17ClFN3O2S/c17-14-11-19-6-5-13(14)12-20-7-9-21(10-8-20)24(22,23)16-4-2-1-3-15(16)18/h1-6,11H,7-10,12H2. The summed E-state index contributed by atoms with van der Waals surface area (Å²) in [6, 6.07) is 7.32. The Morgan fingerprint density at radius 3 is 2.50 bits per heavy atom. The minimum atomic E-state index is -3.80. The van der Waals surface area contributed by atoms with Crippen LogP contribution in [0.4, 0.5) is 4.39 Å². The molecule has 1 aromatic heterocycles. The lowest BCUT2D eigenvalue weighted by Crippen LogP contribution is -2.48. The van der Waals surface area contributed by atoms with E-state index in [9.17, 15) is 12.8 Å². The molecule has 3 rings (SSSR count). The Hall–Kier alpha value is -1.54. The first-order valence-corrected chi connectivity index (χ1v) is 9.36. The molecule has 0 spiro atoms. The first-order valence-electron chi connectivity index (χ1n) is 7.54. The number of hydrogen-bond donors (Lipinski definition) is 0. The van der Waals surface area contributed by atoms with Gasteiger partial charge in [0.2, 0.25) is 10.0 Å². The van der Waals surface area contributed by atoms with E-state index in [1.807, 2.05) is 6.07 Å². The second-order valence-electron chi connectivity index (χ2n) is 5.58. The molecular formula is C16H17ClFN3O2S. The maximum Gasteiger partial charge on any atom is 0.246 e. The van der Waals surface area contributed by atoms with Gasteiger partial charge >= 0.3 is 0 Å². The lowest BCUT2D eigenvalue weighted by atomic mass is 10.2. The molecule has 128 valence electrons. The Morgan fingerprint density at radius 2 is 1.83 bits per heavy atom. The van der Waals surface area contributed by atoms with E-state index in [0.29, 0.717) is 37.7 Å². The summed E-state index contributed by atoms with van der Waals surface area (Å²) < 4.78 is 40.3. The van der Waals surface area contributed by atoms with Gasteiger partial charge in [-0.1, -0.05) is 23.7 Å². The SMILES string of the molecule is O=S(=O)(c1ccccc1F)N1CCN(Cc2ccncc2Cl)CC1. The molecule has 2 heterocycles. The summed E-state index contributed by atoms with van der Waals surface area (Å²) in [5.74, 6) is -0.719. The maximum absolute atomic E-state index is 13.8. The average molecular weight is 370 g/mol. The molecule has 0 aliphatic carbocycles. The van der Waals surface area contributed by atoms with Crippen LogP contribution in [0.25, 0.3) is 0 Å². The predicted molar refractivity (Wildman–Crippen MR) is 89.7 cm³/mol. The van der Waals surface area contributed by atoms with E-state index in [1.165, 1.54) is 22.5 Å². The fourth-order valence-corrected chi connectivity index (χ4v) is 4.36. The van der Waals surface area contributed by atoms with Crippen molar-refractivity contribution in [3.05, 3.63) is 59.1 Å². The van der Waals surface area contributed by atoms with Crippen molar-refractivity contribution in [3.8, 4) is 0 Å². The van der Waals surface area contributed by atoms with Crippen molar-refractivity contribution in [3.63, 3.8) is 0 Å². The summed E-state index contributed by atoms with van der Waals surface area (Å²) in [4.78, 5) is 5.80. The molecule has 1 aromatic carbocycles. The molecule has 0 unspecified atom stereocenters. The van der Waals surface area contributed by atoms with Gasteiger partial charge < -0.3 is 0 Å². The van der Waals surface area contributed by atoms with Gasteiger partial charge in [-0.2, -0.15) is 4.31 Å². The molecule has 0 N–H and O–H groups in total. The van der Waals surface area contributed by atoms with Gasteiger partial charge in [-0.3, -0.25) is 9.88 Å². The maximum atomic E-state index is 13.8. The molecule has 0 atom stereocenters. The molecule has 1 saturated heterocycles. The van der Waals surface area contributed by atoms with E-state index < -0.39 is 15.8 Å². The molecule has 5 nitrogen and oxygen atoms in total. The Balaban J connectivity index is 1.67. The highest BCUT2D eigenvalue weighted by Crippen LogP contribution is 2.22. The highest BCUT2D eigenvalue weighted by molar-refractivity contribution is 7.89. The zero-order valence-electron chi connectivity index (χ0n) is 12.9. The van der Waals surface area contributed by atoms with E-state index in [-0.39, 0.29) is 4.90 Å². The van der Waals surface area contributed by atoms with E-state index in [2.05, 4.69) is 9.88 Å². The fourth-order valence-electron chi connectivity index (χ4n) is 2.69. The number of benzene rings is 1. The second-order valence-corrected chi connectivity index (χ2v) is 7.89. The number of pyridine rings is 1. The van der Waals surface area contributed by atoms with Crippen LogP contribution in [-0.2, 0) is 16.6 Å². The van der Waals surface area contributed by atoms with E-state index in [0.717, 1.165) is 11.6 Å². The van der Waals surface area contributed by atoms with Gasteiger partial charge in [0.1, 0.15) is 10.7 Å². The third kappa shape index (κ3) is 3.59. The van der Waals surface area contributed by atoms with Crippen molar-refractivity contribution < 1.29 is 12.8 Å². The van der Waals surface area contributed by atoms with Gasteiger partial charge in [0.15, 0.2) is 0 Å². The Kier molecular flexibility index (Phi) is 5.15. The number of rotatable bonds is 4. The van der Waals surface area contributed by atoms with E-state index in [4.69, 9.17) is 11.6 Å². The Labute approximate surface area is 145 Å². The van der Waals surface area contributed by atoms with Crippen molar-refractivity contribution in [2.75, 3.05) is 26.2 Å². The molecule has 1 aliphatic heterocycles. The van der Waals surface area contributed by atoms with Crippen molar-refractivity contribution in [1.29, 1.82) is 0 Å². The predicted octanol–water partition coefficient (Wildman–Crippen LogP) is 2.38. The fraction of sp³-hybridized carbons (Fsp3) is 0.312. The zero-order valence-corrected chi connectivity index (χ0v) is 14.5. The van der Waals surface area contributed by atoms with Crippen LogP contribution < -0.4 is 0 Å². The van der Waals surface area contributed by atoms with Gasteiger partial charge in [-0.05, 0) is 23.8 Å². The summed E-state index contributed by atoms with van der Waals surface area (Å²) in [6.45, 7) is 2.40. The Morgan fingerprint density at radius 1 is 1.12 bits per heavy atom. The lowest BCUT2D eigenvalue weighted by Gasteiger charge is -2.34. The quantitative estimate of drug-likeness (QED) is 0.830. The summed E-state index contributed by atoms with van der Waals surface area (Å²) >= 11 is 6.11. The van der Waals surface area contributed by atoms with Crippen LogP contribution in [0.5, 0.6) is 0 Å². The number of halogens is 2. The highest BCUT2D eigenvalue weighted by atomic mass is 35.5. The number of nitrogens with zero attached hydrogens (tertiary/aromatic N) is 3. The van der Waals surface area contributed by atoms with Crippen LogP contribution >= 0.6 is 11.6 Å². The molecule has 24 heavy (non-hydrogen) atoms. The smallest absolute Gasteiger partial charge is 0.246 e. The normalized spacial score (nSPS) is 17.1. The van der Waals surface area contributed by atoms with Gasteiger partial charge in [0, 0.05) is 45.1 Å². The first kappa shape index (κ1) is 17.3. The molecule has 0 saturated carbocycles. The minimum Gasteiger partial charge on any atom is -0.296 e. The van der Waals surface area contributed by atoms with Gasteiger partial charge in [0.05, 0.1) is 5.02 Å². The molecular weight excluding hydrogens is 353 g/mol. The summed E-state index contributed by atoms with van der Waals surface area (Å²) in [7, 11) is -3.80. The molecule has 0 amide bonds. The second kappa shape index (κ2) is 7.14. The van der Waals surface area contributed by atoms with Crippen LogP contribution in [0.3, 0.4) is 0 Å². The number of sulfonamides is 1. The largest absolute Gasteiger partial charge is 0.296 e. The summed E-state index contributed by atoms with van der Waals surface area (Å²) in [5, 5.41) is 0.596. The van der Waals surface area contributed by atoms with Crippen molar-refractivity contribution in [2.24, 2.45) is 0 Å². The molecule has 8 heteroatoms.